The first-order valence-corrected chi connectivity index (χ1v) is 11.0. The Balaban J connectivity index is 1.95. The van der Waals surface area contributed by atoms with Crippen LogP contribution in [0.2, 0.25) is 0 Å². The largest absolute Gasteiger partial charge is 0.387 e. The highest BCUT2D eigenvalue weighted by Gasteiger charge is 2.17. The predicted molar refractivity (Wildman–Crippen MR) is 109 cm³/mol. The van der Waals surface area contributed by atoms with Gasteiger partial charge in [-0.3, -0.25) is 0 Å². The molecule has 0 aliphatic rings. The molecule has 27 heavy (non-hydrogen) atoms. The Labute approximate surface area is 162 Å². The highest BCUT2D eigenvalue weighted by atomic mass is 32.2. The van der Waals surface area contributed by atoms with Gasteiger partial charge in [0, 0.05) is 12.6 Å². The molecule has 0 saturated heterocycles. The zero-order valence-corrected chi connectivity index (χ0v) is 16.9. The number of aliphatic hydroxyl groups excluding tert-OH is 1. The third kappa shape index (κ3) is 6.74. The summed E-state index contributed by atoms with van der Waals surface area (Å²) in [5.74, 6) is 0. The molecule has 5 nitrogen and oxygen atoms in total. The fourth-order valence-electron chi connectivity index (χ4n) is 3.08. The van der Waals surface area contributed by atoms with E-state index in [1.165, 1.54) is 11.6 Å². The number of sulfonamides is 1. The predicted octanol–water partition coefficient (Wildman–Crippen LogP) is 2.93. The maximum atomic E-state index is 11.9. The van der Waals surface area contributed by atoms with Crippen LogP contribution in [0.5, 0.6) is 0 Å². The summed E-state index contributed by atoms with van der Waals surface area (Å²) < 4.78 is 23.7. The lowest BCUT2D eigenvalue weighted by atomic mass is 10.0. The topological polar surface area (TPSA) is 92.4 Å². The van der Waals surface area contributed by atoms with Gasteiger partial charge < -0.3 is 10.4 Å². The van der Waals surface area contributed by atoms with Crippen LogP contribution in [0.1, 0.15) is 49.5 Å². The Morgan fingerprint density at radius 3 is 2.44 bits per heavy atom. The van der Waals surface area contributed by atoms with E-state index in [1.54, 1.807) is 12.1 Å². The van der Waals surface area contributed by atoms with Gasteiger partial charge in [0.25, 0.3) is 0 Å². The average molecular weight is 391 g/mol. The summed E-state index contributed by atoms with van der Waals surface area (Å²) in [4.78, 5) is 0.109. The van der Waals surface area contributed by atoms with Gasteiger partial charge >= 0.3 is 0 Å². The van der Waals surface area contributed by atoms with Crippen molar-refractivity contribution in [2.45, 2.75) is 56.6 Å². The number of benzene rings is 2. The van der Waals surface area contributed by atoms with Gasteiger partial charge in [0.2, 0.25) is 10.0 Å². The van der Waals surface area contributed by atoms with Gasteiger partial charge in [-0.15, -0.1) is 0 Å². The van der Waals surface area contributed by atoms with Crippen molar-refractivity contribution in [3.05, 3.63) is 65.2 Å². The SMILES string of the molecule is CCCc1ccc(C(O)CNC(C)CCc2ccccc2)cc1S(N)(=O)=O. The first kappa shape index (κ1) is 21.6. The molecule has 0 radical (unpaired) electrons. The van der Waals surface area contributed by atoms with Gasteiger partial charge in [-0.2, -0.15) is 0 Å². The summed E-state index contributed by atoms with van der Waals surface area (Å²) in [7, 11) is -3.81. The minimum atomic E-state index is -3.81. The number of nitrogens with two attached hydrogens (primary N) is 1. The van der Waals surface area contributed by atoms with E-state index >= 15 is 0 Å². The van der Waals surface area contributed by atoms with Crippen LogP contribution in [0.4, 0.5) is 0 Å². The number of primary sulfonamides is 1. The number of nitrogens with one attached hydrogen (secondary N) is 1. The van der Waals surface area contributed by atoms with E-state index in [1.807, 2.05) is 25.1 Å². The molecule has 2 atom stereocenters. The van der Waals surface area contributed by atoms with E-state index in [2.05, 4.69) is 24.4 Å². The molecule has 0 fully saturated rings. The molecule has 148 valence electrons. The van der Waals surface area contributed by atoms with E-state index in [-0.39, 0.29) is 10.9 Å². The van der Waals surface area contributed by atoms with Crippen molar-refractivity contribution >= 4 is 10.0 Å². The summed E-state index contributed by atoms with van der Waals surface area (Å²) in [6.07, 6.45) is 2.59. The zero-order chi connectivity index (χ0) is 19.9. The highest BCUT2D eigenvalue weighted by molar-refractivity contribution is 7.89. The molecule has 6 heteroatoms. The second kappa shape index (κ2) is 9.99. The van der Waals surface area contributed by atoms with Crippen LogP contribution in [-0.2, 0) is 22.9 Å². The number of aryl methyl sites for hydroxylation is 2. The Kier molecular flexibility index (Phi) is 7.98. The fourth-order valence-corrected chi connectivity index (χ4v) is 3.92. The zero-order valence-electron chi connectivity index (χ0n) is 16.1. The fraction of sp³-hybridized carbons (Fsp3) is 0.429. The van der Waals surface area contributed by atoms with Crippen molar-refractivity contribution in [3.63, 3.8) is 0 Å². The van der Waals surface area contributed by atoms with Crippen molar-refractivity contribution < 1.29 is 13.5 Å². The third-order valence-electron chi connectivity index (χ3n) is 4.67. The minimum absolute atomic E-state index is 0.109. The van der Waals surface area contributed by atoms with Gasteiger partial charge in [0.05, 0.1) is 11.0 Å². The molecular weight excluding hydrogens is 360 g/mol. The van der Waals surface area contributed by atoms with Gasteiger partial charge in [-0.25, -0.2) is 13.6 Å². The maximum absolute atomic E-state index is 11.9. The van der Waals surface area contributed by atoms with Crippen LogP contribution in [-0.4, -0.2) is 26.1 Å². The molecule has 2 unspecified atom stereocenters. The monoisotopic (exact) mass is 390 g/mol. The molecule has 0 spiro atoms. The summed E-state index contributed by atoms with van der Waals surface area (Å²) >= 11 is 0. The molecule has 4 N–H and O–H groups in total. The molecule has 0 heterocycles. The molecular formula is C21H30N2O3S. The summed E-state index contributed by atoms with van der Waals surface area (Å²) in [5.41, 5.74) is 2.54. The number of hydrogen-bond donors (Lipinski definition) is 3. The Hall–Kier alpha value is -1.73. The average Bonchev–Trinajstić information content (AvgIpc) is 2.65. The number of rotatable bonds is 10. The van der Waals surface area contributed by atoms with Crippen LogP contribution in [0.15, 0.2) is 53.4 Å². The van der Waals surface area contributed by atoms with Crippen molar-refractivity contribution in [1.82, 2.24) is 5.32 Å². The number of hydrogen-bond acceptors (Lipinski definition) is 4. The Morgan fingerprint density at radius 1 is 1.11 bits per heavy atom. The van der Waals surface area contributed by atoms with Gasteiger partial charge in [-0.1, -0.05) is 55.8 Å². The highest BCUT2D eigenvalue weighted by Crippen LogP contribution is 2.22. The molecule has 2 aromatic carbocycles. The lowest BCUT2D eigenvalue weighted by molar-refractivity contribution is 0.169. The molecule has 0 aliphatic carbocycles. The first-order chi connectivity index (χ1) is 12.8. The Morgan fingerprint density at radius 2 is 1.81 bits per heavy atom. The lowest BCUT2D eigenvalue weighted by Crippen LogP contribution is -2.31. The van der Waals surface area contributed by atoms with E-state index < -0.39 is 16.1 Å². The van der Waals surface area contributed by atoms with Crippen molar-refractivity contribution in [3.8, 4) is 0 Å². The molecule has 0 saturated carbocycles. The van der Waals surface area contributed by atoms with Crippen LogP contribution in [0.3, 0.4) is 0 Å². The van der Waals surface area contributed by atoms with Gasteiger partial charge in [0.15, 0.2) is 0 Å². The van der Waals surface area contributed by atoms with E-state index in [0.29, 0.717) is 24.1 Å². The Bertz CT molecular complexity index is 823. The van der Waals surface area contributed by atoms with E-state index in [9.17, 15) is 13.5 Å². The van der Waals surface area contributed by atoms with Crippen LogP contribution < -0.4 is 10.5 Å². The van der Waals surface area contributed by atoms with Crippen molar-refractivity contribution in [2.24, 2.45) is 5.14 Å². The van der Waals surface area contributed by atoms with Crippen LogP contribution in [0, 0.1) is 0 Å². The molecule has 0 bridgehead atoms. The smallest absolute Gasteiger partial charge is 0.238 e. The summed E-state index contributed by atoms with van der Waals surface area (Å²) in [6.45, 7) is 4.42. The lowest BCUT2D eigenvalue weighted by Gasteiger charge is -2.18. The first-order valence-electron chi connectivity index (χ1n) is 9.42. The van der Waals surface area contributed by atoms with Crippen molar-refractivity contribution in [1.29, 1.82) is 0 Å². The third-order valence-corrected chi connectivity index (χ3v) is 5.66. The second-order valence-corrected chi connectivity index (χ2v) is 8.54. The van der Waals surface area contributed by atoms with Crippen LogP contribution >= 0.6 is 0 Å². The van der Waals surface area contributed by atoms with E-state index in [0.717, 1.165) is 19.3 Å². The quantitative estimate of drug-likeness (QED) is 0.581. The van der Waals surface area contributed by atoms with E-state index in [4.69, 9.17) is 5.14 Å². The standard InChI is InChI=1S/C21H30N2O3S/c1-3-7-18-12-13-19(14-21(18)27(22,25)26)20(24)15-23-16(2)10-11-17-8-5-4-6-9-17/h4-6,8-9,12-14,16,20,23-24H,3,7,10-11,15H2,1-2H3,(H2,22,25,26). The van der Waals surface area contributed by atoms with Gasteiger partial charge in [-0.05, 0) is 48.9 Å². The molecule has 2 aromatic rings. The molecule has 2 rings (SSSR count). The number of aliphatic hydroxyl groups is 1. The summed E-state index contributed by atoms with van der Waals surface area (Å²) in [5, 5.41) is 19.1. The maximum Gasteiger partial charge on any atom is 0.238 e. The normalized spacial score (nSPS) is 14.1. The van der Waals surface area contributed by atoms with Crippen molar-refractivity contribution in [2.75, 3.05) is 6.54 Å². The molecule has 0 amide bonds. The van der Waals surface area contributed by atoms with Gasteiger partial charge in [0.1, 0.15) is 0 Å². The van der Waals surface area contributed by atoms with Crippen LogP contribution in [0.25, 0.3) is 0 Å². The molecule has 0 aromatic heterocycles. The second-order valence-electron chi connectivity index (χ2n) is 7.01. The molecule has 0 aliphatic heterocycles. The summed E-state index contributed by atoms with van der Waals surface area (Å²) in [6, 6.07) is 15.5. The minimum Gasteiger partial charge on any atom is -0.387 e.